The number of piperidine rings is 1. The Morgan fingerprint density at radius 3 is 2.91 bits per heavy atom. The second-order valence-electron chi connectivity index (χ2n) is 5.91. The van der Waals surface area contributed by atoms with Gasteiger partial charge in [-0.15, -0.1) is 0 Å². The fourth-order valence-electron chi connectivity index (χ4n) is 3.07. The first-order valence-electron chi connectivity index (χ1n) is 8.24. The van der Waals surface area contributed by atoms with Crippen LogP contribution in [0.1, 0.15) is 24.8 Å². The van der Waals surface area contributed by atoms with Crippen LogP contribution in [-0.2, 0) is 6.54 Å². The summed E-state index contributed by atoms with van der Waals surface area (Å²) >= 11 is 0. The van der Waals surface area contributed by atoms with Gasteiger partial charge in [-0.1, -0.05) is 36.8 Å². The highest BCUT2D eigenvalue weighted by Gasteiger charge is 2.22. The molecule has 122 valence electrons. The van der Waals surface area contributed by atoms with E-state index >= 15 is 0 Å². The van der Waals surface area contributed by atoms with Gasteiger partial charge in [0.05, 0.1) is 7.11 Å². The highest BCUT2D eigenvalue weighted by molar-refractivity contribution is 5.27. The molecule has 1 aromatic carbocycles. The van der Waals surface area contributed by atoms with Crippen molar-refractivity contribution in [3.8, 4) is 5.88 Å². The third kappa shape index (κ3) is 4.42. The minimum Gasteiger partial charge on any atom is -0.481 e. The van der Waals surface area contributed by atoms with E-state index < -0.39 is 0 Å². The van der Waals surface area contributed by atoms with Crippen LogP contribution in [0.4, 0.5) is 5.95 Å². The molecule has 1 unspecified atom stereocenters. The number of nitrogens with one attached hydrogen (secondary N) is 1. The van der Waals surface area contributed by atoms with Crippen LogP contribution in [-0.4, -0.2) is 41.1 Å². The predicted octanol–water partition coefficient (Wildman–Crippen LogP) is 2.95. The smallest absolute Gasteiger partial charge is 0.225 e. The van der Waals surface area contributed by atoms with Gasteiger partial charge in [0.15, 0.2) is 0 Å². The molecule has 1 fully saturated rings. The highest BCUT2D eigenvalue weighted by Crippen LogP contribution is 2.20. The predicted molar refractivity (Wildman–Crippen MR) is 91.6 cm³/mol. The first-order chi connectivity index (χ1) is 11.3. The van der Waals surface area contributed by atoms with Gasteiger partial charge in [-0.2, -0.15) is 4.98 Å². The quantitative estimate of drug-likeness (QED) is 0.889. The van der Waals surface area contributed by atoms with E-state index in [1.165, 1.54) is 24.8 Å². The Kier molecular flexibility index (Phi) is 5.42. The molecule has 0 spiro atoms. The maximum Gasteiger partial charge on any atom is 0.225 e. The largest absolute Gasteiger partial charge is 0.481 e. The van der Waals surface area contributed by atoms with Crippen molar-refractivity contribution in [2.75, 3.05) is 25.5 Å². The summed E-state index contributed by atoms with van der Waals surface area (Å²) < 4.78 is 5.15. The van der Waals surface area contributed by atoms with Crippen molar-refractivity contribution in [3.05, 3.63) is 48.2 Å². The molecule has 1 saturated heterocycles. The molecule has 1 aliphatic rings. The molecule has 0 aliphatic carbocycles. The topological polar surface area (TPSA) is 50.3 Å². The fraction of sp³-hybridized carbons (Fsp3) is 0.444. The van der Waals surface area contributed by atoms with Crippen LogP contribution in [0.25, 0.3) is 0 Å². The normalized spacial score (nSPS) is 18.6. The average Bonchev–Trinajstić information content (AvgIpc) is 2.62. The van der Waals surface area contributed by atoms with Gasteiger partial charge >= 0.3 is 0 Å². The van der Waals surface area contributed by atoms with Crippen LogP contribution in [0.15, 0.2) is 42.6 Å². The molecule has 5 nitrogen and oxygen atoms in total. The summed E-state index contributed by atoms with van der Waals surface area (Å²) in [7, 11) is 1.62. The molecule has 2 heterocycles. The molecule has 0 bridgehead atoms. The van der Waals surface area contributed by atoms with Crippen LogP contribution in [0.5, 0.6) is 5.88 Å². The van der Waals surface area contributed by atoms with Crippen LogP contribution in [0, 0.1) is 0 Å². The molecule has 1 aromatic heterocycles. The number of rotatable bonds is 6. The SMILES string of the molecule is COc1ccnc(NCC2CCCCN2Cc2ccccc2)n1. The maximum absolute atomic E-state index is 5.15. The number of anilines is 1. The molecule has 2 aromatic rings. The minimum absolute atomic E-state index is 0.513. The minimum atomic E-state index is 0.513. The Labute approximate surface area is 137 Å². The summed E-state index contributed by atoms with van der Waals surface area (Å²) in [6, 6.07) is 13.0. The first kappa shape index (κ1) is 15.7. The number of nitrogens with zero attached hydrogens (tertiary/aromatic N) is 3. The lowest BCUT2D eigenvalue weighted by molar-refractivity contribution is 0.148. The highest BCUT2D eigenvalue weighted by atomic mass is 16.5. The van der Waals surface area contributed by atoms with E-state index in [9.17, 15) is 0 Å². The maximum atomic E-state index is 5.15. The van der Waals surface area contributed by atoms with Gasteiger partial charge in [0.1, 0.15) is 0 Å². The van der Waals surface area contributed by atoms with E-state index in [0.29, 0.717) is 17.9 Å². The van der Waals surface area contributed by atoms with Crippen molar-refractivity contribution in [1.82, 2.24) is 14.9 Å². The summed E-state index contributed by atoms with van der Waals surface area (Å²) in [4.78, 5) is 11.1. The monoisotopic (exact) mass is 312 g/mol. The summed E-state index contributed by atoms with van der Waals surface area (Å²) in [5.41, 5.74) is 1.37. The van der Waals surface area contributed by atoms with Crippen molar-refractivity contribution >= 4 is 5.95 Å². The van der Waals surface area contributed by atoms with Crippen LogP contribution < -0.4 is 10.1 Å². The molecule has 0 amide bonds. The second-order valence-corrected chi connectivity index (χ2v) is 5.91. The van der Waals surface area contributed by atoms with E-state index in [-0.39, 0.29) is 0 Å². The van der Waals surface area contributed by atoms with Crippen LogP contribution in [0.2, 0.25) is 0 Å². The van der Waals surface area contributed by atoms with E-state index in [0.717, 1.165) is 19.6 Å². The number of hydrogen-bond donors (Lipinski definition) is 1. The molecule has 23 heavy (non-hydrogen) atoms. The number of methoxy groups -OCH3 is 1. The Hall–Kier alpha value is -2.14. The van der Waals surface area contributed by atoms with Gasteiger partial charge in [-0.05, 0) is 24.9 Å². The number of ether oxygens (including phenoxy) is 1. The number of likely N-dealkylation sites (tertiary alicyclic amines) is 1. The molecular formula is C18H24N4O. The van der Waals surface area contributed by atoms with Crippen molar-refractivity contribution in [2.24, 2.45) is 0 Å². The Morgan fingerprint density at radius 1 is 1.22 bits per heavy atom. The average molecular weight is 312 g/mol. The Balaban J connectivity index is 1.60. The van der Waals surface area contributed by atoms with Gasteiger partial charge in [0.25, 0.3) is 0 Å². The van der Waals surface area contributed by atoms with Crippen LogP contribution >= 0.6 is 0 Å². The molecule has 1 aliphatic heterocycles. The molecule has 3 rings (SSSR count). The number of benzene rings is 1. The fourth-order valence-corrected chi connectivity index (χ4v) is 3.07. The summed E-state index contributed by atoms with van der Waals surface area (Å²) in [6.45, 7) is 3.02. The number of hydrogen-bond acceptors (Lipinski definition) is 5. The number of aromatic nitrogens is 2. The van der Waals surface area contributed by atoms with Gasteiger partial charge in [-0.3, -0.25) is 4.90 Å². The molecular weight excluding hydrogens is 288 g/mol. The van der Waals surface area contributed by atoms with Crippen molar-refractivity contribution in [3.63, 3.8) is 0 Å². The molecule has 1 atom stereocenters. The standard InChI is InChI=1S/C18H24N4O/c1-23-17-10-11-19-18(21-17)20-13-16-9-5-6-12-22(16)14-15-7-3-2-4-8-15/h2-4,7-8,10-11,16H,5-6,9,12-14H2,1H3,(H,19,20,21). The van der Waals surface area contributed by atoms with E-state index in [4.69, 9.17) is 4.74 Å². The lowest BCUT2D eigenvalue weighted by Crippen LogP contribution is -2.43. The van der Waals surface area contributed by atoms with E-state index in [1.54, 1.807) is 19.4 Å². The molecule has 0 radical (unpaired) electrons. The van der Waals surface area contributed by atoms with Gasteiger partial charge in [0.2, 0.25) is 11.8 Å². The van der Waals surface area contributed by atoms with E-state index in [1.807, 2.05) is 0 Å². The zero-order valence-corrected chi connectivity index (χ0v) is 13.6. The molecule has 1 N–H and O–H groups in total. The van der Waals surface area contributed by atoms with Crippen LogP contribution in [0.3, 0.4) is 0 Å². The first-order valence-corrected chi connectivity index (χ1v) is 8.24. The summed E-state index contributed by atoms with van der Waals surface area (Å²) in [6.07, 6.45) is 5.50. The molecule has 5 heteroatoms. The van der Waals surface area contributed by atoms with Gasteiger partial charge in [-0.25, -0.2) is 4.98 Å². The molecule has 0 saturated carbocycles. The third-order valence-corrected chi connectivity index (χ3v) is 4.31. The summed E-state index contributed by atoms with van der Waals surface area (Å²) in [5.74, 6) is 1.22. The van der Waals surface area contributed by atoms with Gasteiger partial charge in [0, 0.05) is 31.4 Å². The third-order valence-electron chi connectivity index (χ3n) is 4.31. The van der Waals surface area contributed by atoms with Crippen molar-refractivity contribution < 1.29 is 4.74 Å². The lowest BCUT2D eigenvalue weighted by atomic mass is 10.0. The van der Waals surface area contributed by atoms with Gasteiger partial charge < -0.3 is 10.1 Å². The Bertz CT molecular complexity index is 605. The zero-order valence-electron chi connectivity index (χ0n) is 13.6. The Morgan fingerprint density at radius 2 is 2.09 bits per heavy atom. The van der Waals surface area contributed by atoms with Crippen molar-refractivity contribution in [1.29, 1.82) is 0 Å². The van der Waals surface area contributed by atoms with E-state index in [2.05, 4.69) is 50.5 Å². The second kappa shape index (κ2) is 7.92. The van der Waals surface area contributed by atoms with Crippen molar-refractivity contribution in [2.45, 2.75) is 31.8 Å². The summed E-state index contributed by atoms with van der Waals surface area (Å²) in [5, 5.41) is 3.36. The zero-order chi connectivity index (χ0) is 15.9. The lowest BCUT2D eigenvalue weighted by Gasteiger charge is -2.35.